The Morgan fingerprint density at radius 2 is 1.74 bits per heavy atom. The van der Waals surface area contributed by atoms with E-state index in [0.717, 1.165) is 9.87 Å². The first kappa shape index (κ1) is 22.7. The molecule has 0 saturated heterocycles. The summed E-state index contributed by atoms with van der Waals surface area (Å²) in [6.45, 7) is 3.22. The van der Waals surface area contributed by atoms with Gasteiger partial charge in [-0.2, -0.15) is 0 Å². The summed E-state index contributed by atoms with van der Waals surface area (Å²) >= 11 is 6.05. The Labute approximate surface area is 187 Å². The number of nitrogens with one attached hydrogen (secondary N) is 1. The first-order valence-corrected chi connectivity index (χ1v) is 11.3. The van der Waals surface area contributed by atoms with Crippen molar-refractivity contribution in [1.29, 1.82) is 0 Å². The van der Waals surface area contributed by atoms with Crippen LogP contribution in [0.1, 0.15) is 11.1 Å². The van der Waals surface area contributed by atoms with Crippen molar-refractivity contribution in [2.24, 2.45) is 0 Å². The molecule has 162 valence electrons. The van der Waals surface area contributed by atoms with E-state index in [2.05, 4.69) is 5.32 Å². The van der Waals surface area contributed by atoms with Crippen molar-refractivity contribution in [3.63, 3.8) is 0 Å². The predicted molar refractivity (Wildman–Crippen MR) is 124 cm³/mol. The Kier molecular flexibility index (Phi) is 6.87. The van der Waals surface area contributed by atoms with Crippen LogP contribution in [0.3, 0.4) is 0 Å². The van der Waals surface area contributed by atoms with Crippen LogP contribution in [0.15, 0.2) is 71.6 Å². The lowest BCUT2D eigenvalue weighted by atomic mass is 10.2. The zero-order valence-electron chi connectivity index (χ0n) is 17.4. The number of hydrogen-bond acceptors (Lipinski definition) is 4. The number of ether oxygens (including phenoxy) is 1. The maximum atomic E-state index is 13.5. The molecule has 1 N–H and O–H groups in total. The number of aryl methyl sites for hydroxylation is 2. The number of carbonyl (C=O) groups excluding carboxylic acids is 1. The summed E-state index contributed by atoms with van der Waals surface area (Å²) < 4.78 is 33.2. The fourth-order valence-corrected chi connectivity index (χ4v) is 4.78. The molecular formula is C23H23ClN2O4S. The van der Waals surface area contributed by atoms with Gasteiger partial charge in [0, 0.05) is 16.8 Å². The molecule has 0 unspecified atom stereocenters. The second-order valence-electron chi connectivity index (χ2n) is 7.04. The average molecular weight is 459 g/mol. The quantitative estimate of drug-likeness (QED) is 0.551. The third-order valence-electron chi connectivity index (χ3n) is 4.68. The van der Waals surface area contributed by atoms with Crippen LogP contribution in [0.25, 0.3) is 0 Å². The molecule has 6 nitrogen and oxygen atoms in total. The Balaban J connectivity index is 1.97. The van der Waals surface area contributed by atoms with Crippen molar-refractivity contribution < 1.29 is 17.9 Å². The first-order valence-electron chi connectivity index (χ1n) is 9.50. The van der Waals surface area contributed by atoms with Gasteiger partial charge in [0.05, 0.1) is 17.7 Å². The van der Waals surface area contributed by atoms with Gasteiger partial charge in [-0.05, 0) is 61.9 Å². The SMILES string of the molecule is COc1cccc(NC(=O)CN(c2ccc(Cl)cc2C)S(=O)(=O)c2ccc(C)cc2)c1. The molecule has 8 heteroatoms. The summed E-state index contributed by atoms with van der Waals surface area (Å²) in [6, 6.07) is 18.2. The van der Waals surface area contributed by atoms with Crippen molar-refractivity contribution in [2.45, 2.75) is 18.7 Å². The maximum absolute atomic E-state index is 13.5. The van der Waals surface area contributed by atoms with Crippen LogP contribution in [0.2, 0.25) is 5.02 Å². The molecule has 1 amide bonds. The number of methoxy groups -OCH3 is 1. The lowest BCUT2D eigenvalue weighted by molar-refractivity contribution is -0.114. The monoisotopic (exact) mass is 458 g/mol. The largest absolute Gasteiger partial charge is 0.497 e. The third-order valence-corrected chi connectivity index (χ3v) is 6.69. The number of halogens is 1. The Morgan fingerprint density at radius 3 is 2.39 bits per heavy atom. The number of nitrogens with zero attached hydrogens (tertiary/aromatic N) is 1. The normalized spacial score (nSPS) is 11.1. The number of hydrogen-bond donors (Lipinski definition) is 1. The molecule has 0 aliphatic carbocycles. The highest BCUT2D eigenvalue weighted by Gasteiger charge is 2.28. The minimum Gasteiger partial charge on any atom is -0.497 e. The zero-order valence-corrected chi connectivity index (χ0v) is 19.0. The lowest BCUT2D eigenvalue weighted by Gasteiger charge is -2.26. The second kappa shape index (κ2) is 9.41. The first-order chi connectivity index (χ1) is 14.7. The maximum Gasteiger partial charge on any atom is 0.264 e. The standard InChI is InChI=1S/C23H23ClN2O4S/c1-16-7-10-21(11-8-16)31(28,29)26(22-12-9-18(24)13-17(22)2)15-23(27)25-19-5-4-6-20(14-19)30-3/h4-14H,15H2,1-3H3,(H,25,27). The molecule has 3 aromatic rings. The van der Waals surface area contributed by atoms with Crippen LogP contribution >= 0.6 is 11.6 Å². The molecule has 0 bridgehead atoms. The van der Waals surface area contributed by atoms with Crippen molar-refractivity contribution in [2.75, 3.05) is 23.3 Å². The van der Waals surface area contributed by atoms with E-state index < -0.39 is 22.5 Å². The van der Waals surface area contributed by atoms with Crippen LogP contribution in [-0.2, 0) is 14.8 Å². The van der Waals surface area contributed by atoms with E-state index >= 15 is 0 Å². The molecule has 0 aliphatic heterocycles. The van der Waals surface area contributed by atoms with Gasteiger partial charge < -0.3 is 10.1 Å². The molecule has 0 fully saturated rings. The van der Waals surface area contributed by atoms with E-state index in [-0.39, 0.29) is 4.90 Å². The van der Waals surface area contributed by atoms with E-state index in [0.29, 0.717) is 27.7 Å². The van der Waals surface area contributed by atoms with Gasteiger partial charge >= 0.3 is 0 Å². The van der Waals surface area contributed by atoms with Gasteiger partial charge in [0.15, 0.2) is 0 Å². The molecule has 0 radical (unpaired) electrons. The summed E-state index contributed by atoms with van der Waals surface area (Å²) in [4.78, 5) is 12.9. The second-order valence-corrected chi connectivity index (χ2v) is 9.33. The molecular weight excluding hydrogens is 436 g/mol. The van der Waals surface area contributed by atoms with Crippen LogP contribution < -0.4 is 14.4 Å². The number of rotatable bonds is 7. The van der Waals surface area contributed by atoms with Gasteiger partial charge in [0.25, 0.3) is 10.0 Å². The van der Waals surface area contributed by atoms with Crippen molar-refractivity contribution >= 4 is 38.9 Å². The van der Waals surface area contributed by atoms with E-state index in [1.165, 1.54) is 19.2 Å². The molecule has 3 rings (SSSR count). The van der Waals surface area contributed by atoms with Crippen molar-refractivity contribution in [1.82, 2.24) is 0 Å². The Bertz CT molecular complexity index is 1190. The number of benzene rings is 3. The van der Waals surface area contributed by atoms with Crippen LogP contribution in [0, 0.1) is 13.8 Å². The number of amides is 1. The summed E-state index contributed by atoms with van der Waals surface area (Å²) in [6.07, 6.45) is 0. The van der Waals surface area contributed by atoms with Crippen LogP contribution in [0.5, 0.6) is 5.75 Å². The van der Waals surface area contributed by atoms with Gasteiger partial charge in [-0.15, -0.1) is 0 Å². The molecule has 0 heterocycles. The summed E-state index contributed by atoms with van der Waals surface area (Å²) in [5.74, 6) is 0.0915. The van der Waals surface area contributed by atoms with Crippen LogP contribution in [-0.4, -0.2) is 28.0 Å². The van der Waals surface area contributed by atoms with E-state index in [9.17, 15) is 13.2 Å². The van der Waals surface area contributed by atoms with E-state index in [1.807, 2.05) is 6.92 Å². The van der Waals surface area contributed by atoms with Gasteiger partial charge in [0.1, 0.15) is 12.3 Å². The third kappa shape index (κ3) is 5.37. The fourth-order valence-electron chi connectivity index (χ4n) is 3.07. The molecule has 31 heavy (non-hydrogen) atoms. The number of anilines is 2. The van der Waals surface area contributed by atoms with Gasteiger partial charge in [0.2, 0.25) is 5.91 Å². The van der Waals surface area contributed by atoms with Crippen molar-refractivity contribution in [3.05, 3.63) is 82.9 Å². The molecule has 0 aliphatic rings. The highest BCUT2D eigenvalue weighted by Crippen LogP contribution is 2.29. The molecule has 0 atom stereocenters. The zero-order chi connectivity index (χ0) is 22.6. The van der Waals surface area contributed by atoms with E-state index in [4.69, 9.17) is 16.3 Å². The summed E-state index contributed by atoms with van der Waals surface area (Å²) in [5, 5.41) is 3.21. The number of carbonyl (C=O) groups is 1. The number of sulfonamides is 1. The summed E-state index contributed by atoms with van der Waals surface area (Å²) in [7, 11) is -2.47. The predicted octanol–water partition coefficient (Wildman–Crippen LogP) is 4.80. The molecule has 0 aromatic heterocycles. The molecule has 3 aromatic carbocycles. The lowest BCUT2D eigenvalue weighted by Crippen LogP contribution is -2.38. The highest BCUT2D eigenvalue weighted by molar-refractivity contribution is 7.92. The molecule has 0 spiro atoms. The molecule has 0 saturated carbocycles. The highest BCUT2D eigenvalue weighted by atomic mass is 35.5. The minimum absolute atomic E-state index is 0.0987. The van der Waals surface area contributed by atoms with Gasteiger partial charge in [-0.1, -0.05) is 35.4 Å². The smallest absolute Gasteiger partial charge is 0.264 e. The fraction of sp³-hybridized carbons (Fsp3) is 0.174. The van der Waals surface area contributed by atoms with Gasteiger partial charge in [-0.3, -0.25) is 9.10 Å². The van der Waals surface area contributed by atoms with Crippen molar-refractivity contribution in [3.8, 4) is 5.75 Å². The van der Waals surface area contributed by atoms with Crippen LogP contribution in [0.4, 0.5) is 11.4 Å². The Morgan fingerprint density at radius 1 is 1.03 bits per heavy atom. The Hall–Kier alpha value is -3.03. The summed E-state index contributed by atoms with van der Waals surface area (Å²) in [5.41, 5.74) is 2.46. The minimum atomic E-state index is -4.00. The van der Waals surface area contributed by atoms with E-state index in [1.54, 1.807) is 61.5 Å². The average Bonchev–Trinajstić information content (AvgIpc) is 2.73. The van der Waals surface area contributed by atoms with Gasteiger partial charge in [-0.25, -0.2) is 8.42 Å². The topological polar surface area (TPSA) is 75.7 Å².